The first kappa shape index (κ1) is 20.3. The van der Waals surface area contributed by atoms with Gasteiger partial charge < -0.3 is 11.2 Å². The number of carbonyl (C=O) groups excluding carboxylic acids is 2. The number of benzene rings is 2. The Hall–Kier alpha value is -3.40. The van der Waals surface area contributed by atoms with E-state index in [1.807, 2.05) is 6.07 Å². The van der Waals surface area contributed by atoms with E-state index in [2.05, 4.69) is 20.8 Å². The highest BCUT2D eigenvalue weighted by Crippen LogP contribution is 2.35. The highest BCUT2D eigenvalue weighted by atomic mass is 32.2. The molecule has 0 bridgehead atoms. The lowest BCUT2D eigenvalue weighted by Gasteiger charge is -2.16. The Bertz CT molecular complexity index is 994. The number of imide groups is 1. The van der Waals surface area contributed by atoms with Crippen molar-refractivity contribution in [2.24, 2.45) is 0 Å². The molecule has 0 aliphatic carbocycles. The molecule has 0 spiro atoms. The van der Waals surface area contributed by atoms with Crippen molar-refractivity contribution in [1.82, 2.24) is 25.5 Å². The molecule has 0 aliphatic heterocycles. The first-order valence-electron chi connectivity index (χ1n) is 8.76. The van der Waals surface area contributed by atoms with Gasteiger partial charge in [-0.1, -0.05) is 42.1 Å². The first-order chi connectivity index (χ1) is 14.0. The monoisotopic (exact) mass is 414 g/mol. The highest BCUT2D eigenvalue weighted by molar-refractivity contribution is 8.00. The van der Waals surface area contributed by atoms with Gasteiger partial charge in [0.1, 0.15) is 11.1 Å². The van der Waals surface area contributed by atoms with Crippen LogP contribution in [0.5, 0.6) is 0 Å². The van der Waals surface area contributed by atoms with E-state index in [-0.39, 0.29) is 11.0 Å². The number of nitrogen functional groups attached to an aromatic ring is 1. The van der Waals surface area contributed by atoms with Gasteiger partial charge in [-0.25, -0.2) is 13.9 Å². The van der Waals surface area contributed by atoms with Crippen LogP contribution in [0.2, 0.25) is 0 Å². The third-order valence-corrected chi connectivity index (χ3v) is 5.12. The number of urea groups is 1. The van der Waals surface area contributed by atoms with Crippen molar-refractivity contribution in [3.63, 3.8) is 0 Å². The SMILES string of the molecule is CCNC(=O)NC(=O)[C@@H](Sc1nnc(-c2ccc(F)cc2)n1N)c1ccccc1. The van der Waals surface area contributed by atoms with Crippen LogP contribution in [0.25, 0.3) is 11.4 Å². The molecule has 150 valence electrons. The average Bonchev–Trinajstić information content (AvgIpc) is 3.07. The number of rotatable bonds is 6. The molecule has 29 heavy (non-hydrogen) atoms. The fourth-order valence-corrected chi connectivity index (χ4v) is 3.50. The lowest BCUT2D eigenvalue weighted by Crippen LogP contribution is -2.41. The van der Waals surface area contributed by atoms with Crippen molar-refractivity contribution in [1.29, 1.82) is 0 Å². The maximum atomic E-state index is 13.2. The molecule has 0 fully saturated rings. The van der Waals surface area contributed by atoms with Gasteiger partial charge in [0.2, 0.25) is 11.1 Å². The van der Waals surface area contributed by atoms with Crippen molar-refractivity contribution in [3.8, 4) is 11.4 Å². The Labute approximate surface area is 170 Å². The average molecular weight is 414 g/mol. The Balaban J connectivity index is 1.87. The smallest absolute Gasteiger partial charge is 0.321 e. The fraction of sp³-hybridized carbons (Fsp3) is 0.158. The summed E-state index contributed by atoms with van der Waals surface area (Å²) in [5.41, 5.74) is 1.25. The minimum atomic E-state index is -0.786. The molecule has 1 aromatic heterocycles. The Morgan fingerprint density at radius 3 is 2.48 bits per heavy atom. The maximum Gasteiger partial charge on any atom is 0.321 e. The zero-order chi connectivity index (χ0) is 20.8. The summed E-state index contributed by atoms with van der Waals surface area (Å²) in [7, 11) is 0. The summed E-state index contributed by atoms with van der Waals surface area (Å²) < 4.78 is 14.4. The standard InChI is InChI=1S/C19H19FN6O2S/c1-2-22-18(28)23-17(27)15(12-6-4-3-5-7-12)29-19-25-24-16(26(19)21)13-8-10-14(20)11-9-13/h3-11,15H,2,21H2,1H3,(H2,22,23,27,28)/t15-/m0/s1. The van der Waals surface area contributed by atoms with Gasteiger partial charge in [-0.15, -0.1) is 10.2 Å². The molecule has 3 aromatic rings. The third-order valence-electron chi connectivity index (χ3n) is 3.90. The number of halogens is 1. The maximum absolute atomic E-state index is 13.2. The molecule has 1 heterocycles. The van der Waals surface area contributed by atoms with Gasteiger partial charge >= 0.3 is 6.03 Å². The molecular formula is C19H19FN6O2S. The van der Waals surface area contributed by atoms with Gasteiger partial charge in [-0.05, 0) is 36.8 Å². The number of carbonyl (C=O) groups is 2. The first-order valence-corrected chi connectivity index (χ1v) is 9.64. The van der Waals surface area contributed by atoms with E-state index < -0.39 is 17.2 Å². The minimum Gasteiger partial charge on any atom is -0.338 e. The van der Waals surface area contributed by atoms with Gasteiger partial charge in [-0.3, -0.25) is 10.1 Å². The number of hydrogen-bond acceptors (Lipinski definition) is 6. The molecule has 0 saturated carbocycles. The van der Waals surface area contributed by atoms with Crippen molar-refractivity contribution < 1.29 is 14.0 Å². The predicted molar refractivity (Wildman–Crippen MR) is 108 cm³/mol. The second kappa shape index (κ2) is 9.20. The minimum absolute atomic E-state index is 0.268. The molecule has 0 aliphatic rings. The van der Waals surface area contributed by atoms with Crippen LogP contribution in [0, 0.1) is 5.82 Å². The number of aromatic nitrogens is 3. The van der Waals surface area contributed by atoms with E-state index >= 15 is 0 Å². The quantitative estimate of drug-likeness (QED) is 0.422. The number of hydrogen-bond donors (Lipinski definition) is 3. The molecule has 3 amide bonds. The van der Waals surface area contributed by atoms with Gasteiger partial charge in [0.05, 0.1) is 0 Å². The highest BCUT2D eigenvalue weighted by Gasteiger charge is 2.26. The fourth-order valence-electron chi connectivity index (χ4n) is 2.54. The van der Waals surface area contributed by atoms with Crippen molar-refractivity contribution in [2.75, 3.05) is 12.4 Å². The molecule has 10 heteroatoms. The summed E-state index contributed by atoms with van der Waals surface area (Å²) in [6.07, 6.45) is 0. The topological polar surface area (TPSA) is 115 Å². The molecule has 2 aromatic carbocycles. The zero-order valence-corrected chi connectivity index (χ0v) is 16.3. The Kier molecular flexibility index (Phi) is 6.45. The van der Waals surface area contributed by atoms with E-state index in [1.54, 1.807) is 31.2 Å². The summed E-state index contributed by atoms with van der Waals surface area (Å²) in [6, 6.07) is 14.0. The molecule has 0 unspecified atom stereocenters. The summed E-state index contributed by atoms with van der Waals surface area (Å²) in [5, 5.41) is 12.4. The van der Waals surface area contributed by atoms with Crippen LogP contribution < -0.4 is 16.5 Å². The van der Waals surface area contributed by atoms with Crippen LogP contribution in [0.3, 0.4) is 0 Å². The van der Waals surface area contributed by atoms with Gasteiger partial charge in [0.25, 0.3) is 0 Å². The number of nitrogens with zero attached hydrogens (tertiary/aromatic N) is 3. The van der Waals surface area contributed by atoms with E-state index in [0.717, 1.165) is 11.8 Å². The summed E-state index contributed by atoms with van der Waals surface area (Å²) in [4.78, 5) is 24.5. The molecule has 0 saturated heterocycles. The second-order valence-corrected chi connectivity index (χ2v) is 7.01. The zero-order valence-electron chi connectivity index (χ0n) is 15.5. The molecule has 0 radical (unpaired) electrons. The van der Waals surface area contributed by atoms with Crippen LogP contribution >= 0.6 is 11.8 Å². The Morgan fingerprint density at radius 2 is 1.83 bits per heavy atom. The predicted octanol–water partition coefficient (Wildman–Crippen LogP) is 2.48. The summed E-state index contributed by atoms with van der Waals surface area (Å²) in [5.74, 6) is 5.55. The lowest BCUT2D eigenvalue weighted by atomic mass is 10.1. The van der Waals surface area contributed by atoms with E-state index in [9.17, 15) is 14.0 Å². The molecule has 1 atom stereocenters. The van der Waals surface area contributed by atoms with E-state index in [0.29, 0.717) is 23.5 Å². The van der Waals surface area contributed by atoms with Crippen molar-refractivity contribution in [2.45, 2.75) is 17.3 Å². The number of thioether (sulfide) groups is 1. The van der Waals surface area contributed by atoms with Gasteiger partial charge in [0, 0.05) is 12.1 Å². The largest absolute Gasteiger partial charge is 0.338 e. The number of nitrogens with one attached hydrogen (secondary N) is 2. The summed E-state index contributed by atoms with van der Waals surface area (Å²) >= 11 is 1.05. The normalized spacial score (nSPS) is 11.7. The van der Waals surface area contributed by atoms with Crippen LogP contribution in [-0.2, 0) is 4.79 Å². The third kappa shape index (κ3) is 4.91. The molecule has 8 nitrogen and oxygen atoms in total. The second-order valence-electron chi connectivity index (χ2n) is 5.94. The van der Waals surface area contributed by atoms with E-state index in [1.165, 1.54) is 28.9 Å². The Morgan fingerprint density at radius 1 is 1.14 bits per heavy atom. The number of amides is 3. The van der Waals surface area contributed by atoms with E-state index in [4.69, 9.17) is 5.84 Å². The number of nitrogens with two attached hydrogens (primary N) is 1. The molecule has 3 rings (SSSR count). The van der Waals surface area contributed by atoms with Crippen LogP contribution in [0.15, 0.2) is 59.8 Å². The van der Waals surface area contributed by atoms with Crippen molar-refractivity contribution >= 4 is 23.7 Å². The van der Waals surface area contributed by atoms with Gasteiger partial charge in [0.15, 0.2) is 5.82 Å². The van der Waals surface area contributed by atoms with Crippen LogP contribution in [-0.4, -0.2) is 33.4 Å². The van der Waals surface area contributed by atoms with Gasteiger partial charge in [-0.2, -0.15) is 0 Å². The molecular weight excluding hydrogens is 395 g/mol. The van der Waals surface area contributed by atoms with Crippen LogP contribution in [0.1, 0.15) is 17.7 Å². The van der Waals surface area contributed by atoms with Crippen molar-refractivity contribution in [3.05, 3.63) is 66.0 Å². The summed E-state index contributed by atoms with van der Waals surface area (Å²) in [6.45, 7) is 2.14. The lowest BCUT2D eigenvalue weighted by molar-refractivity contribution is -0.119. The molecule has 4 N–H and O–H groups in total. The van der Waals surface area contributed by atoms with Crippen LogP contribution in [0.4, 0.5) is 9.18 Å².